The van der Waals surface area contributed by atoms with Crippen molar-refractivity contribution in [2.45, 2.75) is 26.2 Å². The molecule has 0 bridgehead atoms. The minimum atomic E-state index is 0.673. The van der Waals surface area contributed by atoms with Gasteiger partial charge in [-0.3, -0.25) is 4.98 Å². The van der Waals surface area contributed by atoms with Crippen LogP contribution in [0, 0.1) is 0 Å². The molecule has 0 spiro atoms. The van der Waals surface area contributed by atoms with E-state index in [0.717, 1.165) is 43.9 Å². The van der Waals surface area contributed by atoms with E-state index in [-0.39, 0.29) is 0 Å². The number of anilines is 1. The maximum atomic E-state index is 5.50. The maximum Gasteiger partial charge on any atom is 0.180 e. The standard InChI is InChI=1S/C14H20N4O/c1-2-3-10-19-11-4-7-16-13-6-5-12-14(18-13)17-9-8-15-12/h5-6,8-9H,2-4,7,10-11H2,1H3,(H,16,17,18). The molecule has 5 nitrogen and oxygen atoms in total. The third-order valence-corrected chi connectivity index (χ3v) is 2.75. The smallest absolute Gasteiger partial charge is 0.180 e. The Hall–Kier alpha value is -1.75. The first-order valence-corrected chi connectivity index (χ1v) is 6.79. The molecule has 0 amide bonds. The second-order valence-electron chi connectivity index (χ2n) is 4.34. The number of ether oxygens (including phenoxy) is 1. The second kappa shape index (κ2) is 7.63. The topological polar surface area (TPSA) is 59.9 Å². The van der Waals surface area contributed by atoms with Crippen LogP contribution in [0.15, 0.2) is 24.5 Å². The Morgan fingerprint density at radius 1 is 1.11 bits per heavy atom. The summed E-state index contributed by atoms with van der Waals surface area (Å²) in [4.78, 5) is 12.8. The molecule has 2 rings (SSSR count). The molecule has 0 aliphatic carbocycles. The predicted octanol–water partition coefficient (Wildman–Crippen LogP) is 2.64. The van der Waals surface area contributed by atoms with E-state index in [1.165, 1.54) is 6.42 Å². The molecule has 0 unspecified atom stereocenters. The van der Waals surface area contributed by atoms with E-state index in [2.05, 4.69) is 27.2 Å². The van der Waals surface area contributed by atoms with Crippen LogP contribution < -0.4 is 5.32 Å². The molecular formula is C14H20N4O. The Bertz CT molecular complexity index is 504. The third kappa shape index (κ3) is 4.44. The van der Waals surface area contributed by atoms with Crippen LogP contribution in [-0.2, 0) is 4.74 Å². The zero-order valence-electron chi connectivity index (χ0n) is 11.3. The zero-order chi connectivity index (χ0) is 13.3. The molecule has 0 atom stereocenters. The van der Waals surface area contributed by atoms with Crippen LogP contribution in [0.2, 0.25) is 0 Å². The van der Waals surface area contributed by atoms with E-state index in [1.807, 2.05) is 12.1 Å². The van der Waals surface area contributed by atoms with Crippen LogP contribution in [-0.4, -0.2) is 34.7 Å². The minimum Gasteiger partial charge on any atom is -0.381 e. The lowest BCUT2D eigenvalue weighted by molar-refractivity contribution is 0.131. The highest BCUT2D eigenvalue weighted by Crippen LogP contribution is 2.09. The molecule has 2 heterocycles. The van der Waals surface area contributed by atoms with Gasteiger partial charge < -0.3 is 10.1 Å². The summed E-state index contributed by atoms with van der Waals surface area (Å²) in [6.45, 7) is 4.67. The Balaban J connectivity index is 1.72. The lowest BCUT2D eigenvalue weighted by Crippen LogP contribution is -2.07. The van der Waals surface area contributed by atoms with E-state index in [0.29, 0.717) is 5.65 Å². The molecule has 0 aliphatic rings. The number of rotatable bonds is 8. The van der Waals surface area contributed by atoms with Crippen LogP contribution in [0.1, 0.15) is 26.2 Å². The average molecular weight is 260 g/mol. The van der Waals surface area contributed by atoms with Gasteiger partial charge in [0.2, 0.25) is 0 Å². The second-order valence-corrected chi connectivity index (χ2v) is 4.34. The quantitative estimate of drug-likeness (QED) is 0.739. The number of hydrogen-bond acceptors (Lipinski definition) is 5. The first-order valence-electron chi connectivity index (χ1n) is 6.79. The summed E-state index contributed by atoms with van der Waals surface area (Å²) in [5.74, 6) is 0.835. The Kier molecular flexibility index (Phi) is 5.49. The van der Waals surface area contributed by atoms with Gasteiger partial charge in [-0.15, -0.1) is 0 Å². The van der Waals surface area contributed by atoms with Crippen LogP contribution in [0.4, 0.5) is 5.82 Å². The van der Waals surface area contributed by atoms with Gasteiger partial charge in [0, 0.05) is 32.2 Å². The lowest BCUT2D eigenvalue weighted by Gasteiger charge is -2.06. The molecule has 19 heavy (non-hydrogen) atoms. The number of fused-ring (bicyclic) bond motifs is 1. The molecule has 2 aromatic rings. The highest BCUT2D eigenvalue weighted by atomic mass is 16.5. The van der Waals surface area contributed by atoms with Gasteiger partial charge in [0.1, 0.15) is 11.3 Å². The van der Waals surface area contributed by atoms with Gasteiger partial charge in [-0.1, -0.05) is 13.3 Å². The van der Waals surface area contributed by atoms with E-state index in [9.17, 15) is 0 Å². The van der Waals surface area contributed by atoms with Crippen molar-refractivity contribution in [3.8, 4) is 0 Å². The minimum absolute atomic E-state index is 0.673. The average Bonchev–Trinajstić information content (AvgIpc) is 2.46. The summed E-state index contributed by atoms with van der Waals surface area (Å²) in [7, 11) is 0. The molecule has 0 fully saturated rings. The highest BCUT2D eigenvalue weighted by Gasteiger charge is 1.99. The molecule has 0 aromatic carbocycles. The molecule has 5 heteroatoms. The van der Waals surface area contributed by atoms with Crippen LogP contribution >= 0.6 is 0 Å². The number of nitrogens with zero attached hydrogens (tertiary/aromatic N) is 3. The van der Waals surface area contributed by atoms with Crippen LogP contribution in [0.3, 0.4) is 0 Å². The molecular weight excluding hydrogens is 240 g/mol. The van der Waals surface area contributed by atoms with Crippen molar-refractivity contribution in [1.29, 1.82) is 0 Å². The van der Waals surface area contributed by atoms with Crippen molar-refractivity contribution in [3.63, 3.8) is 0 Å². The van der Waals surface area contributed by atoms with Crippen molar-refractivity contribution >= 4 is 17.0 Å². The number of unbranched alkanes of at least 4 members (excludes halogenated alkanes) is 1. The summed E-state index contributed by atoms with van der Waals surface area (Å²) in [6, 6.07) is 3.85. The first kappa shape index (κ1) is 13.7. The summed E-state index contributed by atoms with van der Waals surface area (Å²) < 4.78 is 5.50. The number of nitrogens with one attached hydrogen (secondary N) is 1. The molecule has 0 saturated heterocycles. The van der Waals surface area contributed by atoms with Crippen LogP contribution in [0.25, 0.3) is 11.2 Å². The van der Waals surface area contributed by atoms with Gasteiger partial charge in [-0.2, -0.15) is 0 Å². The first-order chi connectivity index (χ1) is 9.40. The fourth-order valence-corrected chi connectivity index (χ4v) is 1.69. The Labute approximate surface area is 113 Å². The maximum absolute atomic E-state index is 5.50. The van der Waals surface area contributed by atoms with Gasteiger partial charge in [0.05, 0.1) is 0 Å². The fraction of sp³-hybridized carbons (Fsp3) is 0.500. The normalized spacial score (nSPS) is 10.8. The molecule has 0 saturated carbocycles. The third-order valence-electron chi connectivity index (χ3n) is 2.75. The largest absolute Gasteiger partial charge is 0.381 e. The van der Waals surface area contributed by atoms with E-state index < -0.39 is 0 Å². The van der Waals surface area contributed by atoms with Crippen molar-refractivity contribution in [2.75, 3.05) is 25.1 Å². The molecule has 0 aliphatic heterocycles. The number of hydrogen-bond donors (Lipinski definition) is 1. The molecule has 102 valence electrons. The summed E-state index contributed by atoms with van der Waals surface area (Å²) in [5, 5.41) is 3.27. The fourth-order valence-electron chi connectivity index (χ4n) is 1.69. The zero-order valence-corrected chi connectivity index (χ0v) is 11.3. The van der Waals surface area contributed by atoms with Crippen molar-refractivity contribution < 1.29 is 4.74 Å². The Morgan fingerprint density at radius 3 is 2.84 bits per heavy atom. The summed E-state index contributed by atoms with van der Waals surface area (Å²) in [5.41, 5.74) is 1.49. The SMILES string of the molecule is CCCCOCCCNc1ccc2nccnc2n1. The van der Waals surface area contributed by atoms with Crippen molar-refractivity contribution in [3.05, 3.63) is 24.5 Å². The number of aromatic nitrogens is 3. The van der Waals surface area contributed by atoms with Gasteiger partial charge in [-0.25, -0.2) is 9.97 Å². The van der Waals surface area contributed by atoms with Crippen molar-refractivity contribution in [2.24, 2.45) is 0 Å². The summed E-state index contributed by atoms with van der Waals surface area (Å²) in [6.07, 6.45) is 6.62. The molecule has 1 N–H and O–H groups in total. The van der Waals surface area contributed by atoms with Gasteiger partial charge in [-0.05, 0) is 25.0 Å². The number of pyridine rings is 1. The van der Waals surface area contributed by atoms with E-state index in [1.54, 1.807) is 12.4 Å². The van der Waals surface area contributed by atoms with Crippen LogP contribution in [0.5, 0.6) is 0 Å². The van der Waals surface area contributed by atoms with E-state index >= 15 is 0 Å². The molecule has 2 aromatic heterocycles. The summed E-state index contributed by atoms with van der Waals surface area (Å²) >= 11 is 0. The van der Waals surface area contributed by atoms with Gasteiger partial charge in [0.25, 0.3) is 0 Å². The Morgan fingerprint density at radius 2 is 1.95 bits per heavy atom. The highest BCUT2D eigenvalue weighted by molar-refractivity contribution is 5.71. The lowest BCUT2D eigenvalue weighted by atomic mass is 10.3. The predicted molar refractivity (Wildman–Crippen MR) is 76.2 cm³/mol. The molecule has 0 radical (unpaired) electrons. The van der Waals surface area contributed by atoms with Gasteiger partial charge in [0.15, 0.2) is 5.65 Å². The van der Waals surface area contributed by atoms with E-state index in [4.69, 9.17) is 4.74 Å². The van der Waals surface area contributed by atoms with Crippen molar-refractivity contribution in [1.82, 2.24) is 15.0 Å². The monoisotopic (exact) mass is 260 g/mol. The van der Waals surface area contributed by atoms with Gasteiger partial charge >= 0.3 is 0 Å².